The number of anilines is 2. The Morgan fingerprint density at radius 3 is 2.32 bits per heavy atom. The number of sulfonamides is 1. The largest absolute Gasteiger partial charge is 0.324 e. The fraction of sp³-hybridized carbons (Fsp3) is 0.278. The van der Waals surface area contributed by atoms with Crippen molar-refractivity contribution in [1.82, 2.24) is 0 Å². The summed E-state index contributed by atoms with van der Waals surface area (Å²) in [5.74, 6) is -0.153. The van der Waals surface area contributed by atoms with Gasteiger partial charge >= 0.3 is 0 Å². The average molecular weight is 425 g/mol. The summed E-state index contributed by atoms with van der Waals surface area (Å²) in [6.07, 6.45) is 1.09. The minimum atomic E-state index is -3.61. The predicted octanol–water partition coefficient (Wildman–Crippen LogP) is 3.98. The topological polar surface area (TPSA) is 66.5 Å². The maximum absolute atomic E-state index is 12.5. The maximum Gasteiger partial charge on any atom is 0.245 e. The number of carbonyl (C=O) groups excluding carboxylic acids is 1. The molecule has 0 aromatic heterocycles. The highest BCUT2D eigenvalue weighted by molar-refractivity contribution is 9.10. The van der Waals surface area contributed by atoms with E-state index in [2.05, 4.69) is 21.2 Å². The second-order valence-electron chi connectivity index (χ2n) is 6.01. The van der Waals surface area contributed by atoms with Crippen molar-refractivity contribution in [3.63, 3.8) is 0 Å². The predicted molar refractivity (Wildman–Crippen MR) is 105 cm³/mol. The summed E-state index contributed by atoms with van der Waals surface area (Å²) in [6, 6.07) is 14.4. The summed E-state index contributed by atoms with van der Waals surface area (Å²) >= 11 is 3.34. The molecule has 5 nitrogen and oxygen atoms in total. The molecular formula is C18H21BrN2O3S. The number of para-hydroxylation sites is 2. The molecule has 0 atom stereocenters. The molecule has 0 radical (unpaired) electrons. The molecular weight excluding hydrogens is 404 g/mol. The first-order chi connectivity index (χ1) is 11.7. The van der Waals surface area contributed by atoms with E-state index in [0.717, 1.165) is 16.1 Å². The van der Waals surface area contributed by atoms with Crippen molar-refractivity contribution >= 4 is 43.2 Å². The third-order valence-corrected chi connectivity index (χ3v) is 5.46. The molecule has 0 saturated carbocycles. The van der Waals surface area contributed by atoms with Gasteiger partial charge in [0.25, 0.3) is 0 Å². The Kier molecular flexibility index (Phi) is 6.24. The van der Waals surface area contributed by atoms with E-state index in [1.54, 1.807) is 24.3 Å². The zero-order chi connectivity index (χ0) is 18.6. The molecule has 25 heavy (non-hydrogen) atoms. The van der Waals surface area contributed by atoms with Crippen molar-refractivity contribution in [2.24, 2.45) is 0 Å². The van der Waals surface area contributed by atoms with Gasteiger partial charge in [-0.3, -0.25) is 9.10 Å². The Balaban J connectivity index is 2.26. The first-order valence-electron chi connectivity index (χ1n) is 7.81. The average Bonchev–Trinajstić information content (AvgIpc) is 2.53. The Morgan fingerprint density at radius 1 is 1.12 bits per heavy atom. The number of hydrogen-bond acceptors (Lipinski definition) is 3. The molecule has 0 aliphatic rings. The molecule has 0 saturated heterocycles. The van der Waals surface area contributed by atoms with Crippen molar-refractivity contribution < 1.29 is 13.2 Å². The first kappa shape index (κ1) is 19.5. The SMILES string of the molecule is CC(C)c1ccccc1NC(=O)CN(c1ccccc1Br)S(C)(=O)=O. The normalized spacial score (nSPS) is 11.4. The van der Waals surface area contributed by atoms with Crippen LogP contribution in [-0.4, -0.2) is 27.1 Å². The van der Waals surface area contributed by atoms with Crippen LogP contribution in [0.4, 0.5) is 11.4 Å². The van der Waals surface area contributed by atoms with Gasteiger partial charge < -0.3 is 5.32 Å². The number of carbonyl (C=O) groups is 1. The van der Waals surface area contributed by atoms with Crippen molar-refractivity contribution in [2.75, 3.05) is 22.4 Å². The number of amides is 1. The molecule has 7 heteroatoms. The van der Waals surface area contributed by atoms with E-state index in [0.29, 0.717) is 15.8 Å². The molecule has 0 aliphatic heterocycles. The quantitative estimate of drug-likeness (QED) is 0.762. The Labute approximate surface area is 157 Å². The van der Waals surface area contributed by atoms with E-state index in [1.165, 1.54) is 0 Å². The molecule has 2 aromatic rings. The molecule has 0 heterocycles. The van der Waals surface area contributed by atoms with Gasteiger partial charge in [-0.25, -0.2) is 8.42 Å². The molecule has 1 N–H and O–H groups in total. The van der Waals surface area contributed by atoms with E-state index in [-0.39, 0.29) is 12.5 Å². The molecule has 2 rings (SSSR count). The van der Waals surface area contributed by atoms with E-state index in [1.807, 2.05) is 38.1 Å². The summed E-state index contributed by atoms with van der Waals surface area (Å²) in [6.45, 7) is 3.78. The van der Waals surface area contributed by atoms with Gasteiger partial charge in [-0.1, -0.05) is 44.2 Å². The number of hydrogen-bond donors (Lipinski definition) is 1. The van der Waals surface area contributed by atoms with Gasteiger partial charge in [0.1, 0.15) is 6.54 Å². The van der Waals surface area contributed by atoms with Crippen molar-refractivity contribution in [3.05, 3.63) is 58.6 Å². The van der Waals surface area contributed by atoms with Crippen LogP contribution in [0.5, 0.6) is 0 Å². The summed E-state index contributed by atoms with van der Waals surface area (Å²) in [4.78, 5) is 12.5. The van der Waals surface area contributed by atoms with Gasteiger partial charge in [0.2, 0.25) is 15.9 Å². The Morgan fingerprint density at radius 2 is 1.72 bits per heavy atom. The first-order valence-corrected chi connectivity index (χ1v) is 10.5. The van der Waals surface area contributed by atoms with Crippen LogP contribution in [-0.2, 0) is 14.8 Å². The second-order valence-corrected chi connectivity index (χ2v) is 8.77. The minimum Gasteiger partial charge on any atom is -0.324 e. The molecule has 0 spiro atoms. The lowest BCUT2D eigenvalue weighted by Crippen LogP contribution is -2.37. The zero-order valence-corrected chi connectivity index (χ0v) is 16.8. The number of halogens is 1. The molecule has 0 bridgehead atoms. The lowest BCUT2D eigenvalue weighted by Gasteiger charge is -2.23. The highest BCUT2D eigenvalue weighted by atomic mass is 79.9. The standard InChI is InChI=1S/C18H21BrN2O3S/c1-13(2)14-8-4-6-10-16(14)20-18(22)12-21(25(3,23)24)17-11-7-5-9-15(17)19/h4-11,13H,12H2,1-3H3,(H,20,22). The monoisotopic (exact) mass is 424 g/mol. The maximum atomic E-state index is 12.5. The molecule has 134 valence electrons. The summed E-state index contributed by atoms with van der Waals surface area (Å²) in [5.41, 5.74) is 2.13. The van der Waals surface area contributed by atoms with Crippen LogP contribution in [0.15, 0.2) is 53.0 Å². The second kappa shape index (κ2) is 8.01. The number of nitrogens with zero attached hydrogens (tertiary/aromatic N) is 1. The van der Waals surface area contributed by atoms with Gasteiger partial charge in [0, 0.05) is 10.2 Å². The number of benzene rings is 2. The van der Waals surface area contributed by atoms with Gasteiger partial charge in [-0.15, -0.1) is 0 Å². The van der Waals surface area contributed by atoms with Crippen LogP contribution >= 0.6 is 15.9 Å². The van der Waals surface area contributed by atoms with Crippen LogP contribution in [0.3, 0.4) is 0 Å². The fourth-order valence-corrected chi connectivity index (χ4v) is 3.95. The number of nitrogens with one attached hydrogen (secondary N) is 1. The van der Waals surface area contributed by atoms with E-state index in [4.69, 9.17) is 0 Å². The summed E-state index contributed by atoms with van der Waals surface area (Å²) in [5, 5.41) is 2.82. The minimum absolute atomic E-state index is 0.241. The molecule has 0 unspecified atom stereocenters. The summed E-state index contributed by atoms with van der Waals surface area (Å²) < 4.78 is 26.0. The van der Waals surface area contributed by atoms with Crippen LogP contribution in [0.25, 0.3) is 0 Å². The highest BCUT2D eigenvalue weighted by Crippen LogP contribution is 2.28. The van der Waals surface area contributed by atoms with E-state index >= 15 is 0 Å². The smallest absolute Gasteiger partial charge is 0.245 e. The molecule has 0 fully saturated rings. The van der Waals surface area contributed by atoms with Gasteiger partial charge in [-0.05, 0) is 45.6 Å². The third-order valence-electron chi connectivity index (χ3n) is 3.67. The van der Waals surface area contributed by atoms with Crippen molar-refractivity contribution in [3.8, 4) is 0 Å². The summed E-state index contributed by atoms with van der Waals surface area (Å²) in [7, 11) is -3.61. The zero-order valence-electron chi connectivity index (χ0n) is 14.4. The van der Waals surface area contributed by atoms with E-state index < -0.39 is 15.9 Å². The van der Waals surface area contributed by atoms with Crippen LogP contribution in [0.1, 0.15) is 25.3 Å². The van der Waals surface area contributed by atoms with Crippen molar-refractivity contribution in [1.29, 1.82) is 0 Å². The molecule has 1 amide bonds. The molecule has 2 aromatic carbocycles. The highest BCUT2D eigenvalue weighted by Gasteiger charge is 2.23. The third kappa shape index (κ3) is 5.06. The Hall–Kier alpha value is -1.86. The van der Waals surface area contributed by atoms with Crippen molar-refractivity contribution in [2.45, 2.75) is 19.8 Å². The van der Waals surface area contributed by atoms with Crippen LogP contribution in [0.2, 0.25) is 0 Å². The molecule has 0 aliphatic carbocycles. The van der Waals surface area contributed by atoms with E-state index in [9.17, 15) is 13.2 Å². The van der Waals surface area contributed by atoms with Gasteiger partial charge in [0.05, 0.1) is 11.9 Å². The number of rotatable bonds is 6. The van der Waals surface area contributed by atoms with Crippen LogP contribution in [0, 0.1) is 0 Å². The lowest BCUT2D eigenvalue weighted by atomic mass is 10.0. The van der Waals surface area contributed by atoms with Crippen LogP contribution < -0.4 is 9.62 Å². The van der Waals surface area contributed by atoms with Gasteiger partial charge in [0.15, 0.2) is 0 Å². The Bertz CT molecular complexity index is 866. The fourth-order valence-electron chi connectivity index (χ4n) is 2.47. The van der Waals surface area contributed by atoms with Gasteiger partial charge in [-0.2, -0.15) is 0 Å². The lowest BCUT2D eigenvalue weighted by molar-refractivity contribution is -0.114.